The first-order valence-electron chi connectivity index (χ1n) is 4.25. The van der Waals surface area contributed by atoms with Crippen molar-refractivity contribution in [2.24, 2.45) is 7.05 Å². The first-order valence-corrected chi connectivity index (χ1v) is 5.42. The van der Waals surface area contributed by atoms with E-state index in [1.807, 2.05) is 0 Å². The van der Waals surface area contributed by atoms with Gasteiger partial charge in [0.25, 0.3) is 0 Å². The van der Waals surface area contributed by atoms with Crippen molar-refractivity contribution in [3.8, 4) is 17.1 Å². The van der Waals surface area contributed by atoms with Crippen molar-refractivity contribution < 1.29 is 4.74 Å². The summed E-state index contributed by atoms with van der Waals surface area (Å²) in [6.07, 6.45) is 1.36. The molecule has 2 rings (SSSR count). The minimum absolute atomic E-state index is 0.251. The summed E-state index contributed by atoms with van der Waals surface area (Å²) in [7, 11) is 3.26. The molecule has 0 bridgehead atoms. The highest BCUT2D eigenvalue weighted by Crippen LogP contribution is 2.34. The average molecular weight is 305 g/mol. The SMILES string of the molecule is COc1c(Cl)ncnc1-c1c(Br)nnn1C. The molecule has 2 aromatic heterocycles. The molecule has 0 spiro atoms. The molecule has 0 radical (unpaired) electrons. The number of hydrogen-bond acceptors (Lipinski definition) is 5. The van der Waals surface area contributed by atoms with Crippen molar-refractivity contribution in [1.29, 1.82) is 0 Å². The molecular weight excluding hydrogens is 297 g/mol. The van der Waals surface area contributed by atoms with Gasteiger partial charge in [-0.15, -0.1) is 5.10 Å². The van der Waals surface area contributed by atoms with Crippen molar-refractivity contribution in [3.05, 3.63) is 16.1 Å². The lowest BCUT2D eigenvalue weighted by Gasteiger charge is -2.07. The first-order chi connectivity index (χ1) is 7.65. The van der Waals surface area contributed by atoms with Gasteiger partial charge in [-0.25, -0.2) is 14.6 Å². The van der Waals surface area contributed by atoms with Gasteiger partial charge in [-0.05, 0) is 15.9 Å². The van der Waals surface area contributed by atoms with Crippen LogP contribution >= 0.6 is 27.5 Å². The lowest BCUT2D eigenvalue weighted by Crippen LogP contribution is -2.00. The van der Waals surface area contributed by atoms with E-state index >= 15 is 0 Å². The van der Waals surface area contributed by atoms with Gasteiger partial charge in [0, 0.05) is 7.05 Å². The van der Waals surface area contributed by atoms with E-state index in [4.69, 9.17) is 16.3 Å². The molecule has 84 valence electrons. The largest absolute Gasteiger partial charge is 0.491 e. The third-order valence-electron chi connectivity index (χ3n) is 1.97. The maximum absolute atomic E-state index is 5.91. The van der Waals surface area contributed by atoms with Gasteiger partial charge in [0.15, 0.2) is 15.5 Å². The fourth-order valence-electron chi connectivity index (χ4n) is 1.28. The molecule has 2 aromatic rings. The number of nitrogens with zero attached hydrogens (tertiary/aromatic N) is 5. The van der Waals surface area contributed by atoms with Crippen molar-refractivity contribution in [1.82, 2.24) is 25.0 Å². The van der Waals surface area contributed by atoms with Crippen molar-refractivity contribution in [2.75, 3.05) is 7.11 Å². The Morgan fingerprint density at radius 1 is 1.44 bits per heavy atom. The zero-order valence-electron chi connectivity index (χ0n) is 8.48. The number of hydrogen-bond donors (Lipinski definition) is 0. The Morgan fingerprint density at radius 3 is 2.75 bits per heavy atom. The molecule has 0 unspecified atom stereocenters. The van der Waals surface area contributed by atoms with Crippen molar-refractivity contribution in [3.63, 3.8) is 0 Å². The highest BCUT2D eigenvalue weighted by atomic mass is 79.9. The Morgan fingerprint density at radius 2 is 2.19 bits per heavy atom. The van der Waals surface area contributed by atoms with Crippen LogP contribution in [0.3, 0.4) is 0 Å². The summed E-state index contributed by atoms with van der Waals surface area (Å²) in [5.41, 5.74) is 1.23. The molecule has 0 saturated carbocycles. The monoisotopic (exact) mass is 303 g/mol. The molecule has 2 heterocycles. The fourth-order valence-corrected chi connectivity index (χ4v) is 2.01. The summed E-state index contributed by atoms with van der Waals surface area (Å²) in [5, 5.41) is 7.98. The maximum atomic E-state index is 5.91. The van der Waals surface area contributed by atoms with E-state index in [0.29, 0.717) is 21.7 Å². The smallest absolute Gasteiger partial charge is 0.184 e. The molecule has 16 heavy (non-hydrogen) atoms. The number of methoxy groups -OCH3 is 1. The molecule has 0 N–H and O–H groups in total. The lowest BCUT2D eigenvalue weighted by atomic mass is 10.3. The molecule has 0 aromatic carbocycles. The van der Waals surface area contributed by atoms with Gasteiger partial charge in [0.2, 0.25) is 0 Å². The molecule has 0 saturated heterocycles. The van der Waals surface area contributed by atoms with Crippen LogP contribution in [0.5, 0.6) is 5.75 Å². The van der Waals surface area contributed by atoms with Gasteiger partial charge >= 0.3 is 0 Å². The minimum atomic E-state index is 0.251. The van der Waals surface area contributed by atoms with Crippen molar-refractivity contribution >= 4 is 27.5 Å². The summed E-state index contributed by atoms with van der Waals surface area (Å²) in [6.45, 7) is 0. The first kappa shape index (κ1) is 11.3. The maximum Gasteiger partial charge on any atom is 0.184 e. The van der Waals surface area contributed by atoms with Crippen LogP contribution in [-0.2, 0) is 7.05 Å². The zero-order valence-corrected chi connectivity index (χ0v) is 10.8. The predicted molar refractivity (Wildman–Crippen MR) is 61.3 cm³/mol. The Labute approximate surface area is 105 Å². The molecule has 0 aliphatic carbocycles. The molecule has 8 heteroatoms. The van der Waals surface area contributed by atoms with E-state index in [0.717, 1.165) is 0 Å². The number of halogens is 2. The molecule has 0 amide bonds. The Bertz CT molecular complexity index is 510. The third kappa shape index (κ3) is 1.76. The zero-order chi connectivity index (χ0) is 11.7. The second-order valence-corrected chi connectivity index (χ2v) is 4.01. The molecule has 0 aliphatic rings. The highest BCUT2D eigenvalue weighted by Gasteiger charge is 2.19. The molecule has 0 aliphatic heterocycles. The second-order valence-electron chi connectivity index (χ2n) is 2.90. The third-order valence-corrected chi connectivity index (χ3v) is 2.78. The van der Waals surface area contributed by atoms with E-state index in [9.17, 15) is 0 Å². The van der Waals surface area contributed by atoms with E-state index in [1.54, 1.807) is 11.7 Å². The highest BCUT2D eigenvalue weighted by molar-refractivity contribution is 9.10. The van der Waals surface area contributed by atoms with Crippen molar-refractivity contribution in [2.45, 2.75) is 0 Å². The van der Waals surface area contributed by atoms with Crippen LogP contribution in [0.2, 0.25) is 5.15 Å². The average Bonchev–Trinajstić information content (AvgIpc) is 2.58. The second kappa shape index (κ2) is 4.34. The quantitative estimate of drug-likeness (QED) is 0.790. The summed E-state index contributed by atoms with van der Waals surface area (Å²) in [5.74, 6) is 0.398. The van der Waals surface area contributed by atoms with E-state index in [1.165, 1.54) is 13.4 Å². The van der Waals surface area contributed by atoms with E-state index < -0.39 is 0 Å². The van der Waals surface area contributed by atoms with Gasteiger partial charge in [-0.3, -0.25) is 0 Å². The van der Waals surface area contributed by atoms with E-state index in [-0.39, 0.29) is 5.15 Å². The Hall–Kier alpha value is -1.21. The topological polar surface area (TPSA) is 65.7 Å². The lowest BCUT2D eigenvalue weighted by molar-refractivity contribution is 0.412. The molecular formula is C8H7BrClN5O. The van der Waals surface area contributed by atoms with Crippen LogP contribution in [0.4, 0.5) is 0 Å². The van der Waals surface area contributed by atoms with Gasteiger partial charge in [-0.1, -0.05) is 16.8 Å². The fraction of sp³-hybridized carbons (Fsp3) is 0.250. The normalized spacial score (nSPS) is 10.5. The molecule has 6 nitrogen and oxygen atoms in total. The van der Waals surface area contributed by atoms with Crippen LogP contribution in [0.15, 0.2) is 10.9 Å². The van der Waals surface area contributed by atoms with Gasteiger partial charge in [0.1, 0.15) is 17.7 Å². The predicted octanol–water partition coefficient (Wildman–Crippen LogP) is 1.70. The van der Waals surface area contributed by atoms with Gasteiger partial charge < -0.3 is 4.74 Å². The van der Waals surface area contributed by atoms with Crippen LogP contribution in [0.25, 0.3) is 11.4 Å². The summed E-state index contributed by atoms with van der Waals surface area (Å²) in [6, 6.07) is 0. The minimum Gasteiger partial charge on any atom is -0.491 e. The summed E-state index contributed by atoms with van der Waals surface area (Å²) in [4.78, 5) is 7.97. The van der Waals surface area contributed by atoms with E-state index in [2.05, 4.69) is 36.2 Å². The number of rotatable bonds is 2. The molecule has 0 fully saturated rings. The Kier molecular flexibility index (Phi) is 3.06. The number of aryl methyl sites for hydroxylation is 1. The van der Waals surface area contributed by atoms with Crippen LogP contribution < -0.4 is 4.74 Å². The number of aromatic nitrogens is 5. The van der Waals surface area contributed by atoms with Crippen LogP contribution in [-0.4, -0.2) is 32.1 Å². The van der Waals surface area contributed by atoms with Crippen LogP contribution in [0, 0.1) is 0 Å². The summed E-state index contributed by atoms with van der Waals surface area (Å²) >= 11 is 9.20. The Balaban J connectivity index is 2.69. The van der Waals surface area contributed by atoms with Gasteiger partial charge in [-0.2, -0.15) is 0 Å². The van der Waals surface area contributed by atoms with Gasteiger partial charge in [0.05, 0.1) is 7.11 Å². The number of ether oxygens (including phenoxy) is 1. The summed E-state index contributed by atoms with van der Waals surface area (Å²) < 4.78 is 7.31. The molecule has 0 atom stereocenters. The standard InChI is InChI=1S/C8H7BrClN5O/c1-15-5(7(9)13-14-15)4-6(16-2)8(10)12-3-11-4/h3H,1-2H3. The van der Waals surface area contributed by atoms with Crippen LogP contribution in [0.1, 0.15) is 0 Å².